The van der Waals surface area contributed by atoms with Crippen LogP contribution in [0.3, 0.4) is 0 Å². The van der Waals surface area contributed by atoms with Crippen molar-refractivity contribution < 1.29 is 14.3 Å². The number of amides is 1. The zero-order valence-corrected chi connectivity index (χ0v) is 12.8. The molecule has 2 rings (SSSR count). The van der Waals surface area contributed by atoms with Gasteiger partial charge in [-0.15, -0.1) is 0 Å². The summed E-state index contributed by atoms with van der Waals surface area (Å²) in [6.45, 7) is 1.38. The van der Waals surface area contributed by atoms with Crippen LogP contribution in [0.15, 0.2) is 28.9 Å². The summed E-state index contributed by atoms with van der Waals surface area (Å²) in [5, 5.41) is 3.63. The summed E-state index contributed by atoms with van der Waals surface area (Å²) in [7, 11) is 1.31. The van der Waals surface area contributed by atoms with Gasteiger partial charge in [0.15, 0.2) is 0 Å². The van der Waals surface area contributed by atoms with Crippen LogP contribution in [-0.4, -0.2) is 30.0 Å². The predicted octanol–water partition coefficient (Wildman–Crippen LogP) is 2.15. The van der Waals surface area contributed by atoms with Crippen molar-refractivity contribution in [1.82, 2.24) is 10.3 Å². The molecule has 0 aliphatic carbocycles. The van der Waals surface area contributed by atoms with Gasteiger partial charge in [-0.1, -0.05) is 18.2 Å². The molecule has 0 aliphatic heterocycles. The smallest absolute Gasteiger partial charge is 0.328 e. The van der Waals surface area contributed by atoms with Gasteiger partial charge in [-0.25, -0.2) is 4.79 Å². The maximum Gasteiger partial charge on any atom is 0.328 e. The summed E-state index contributed by atoms with van der Waals surface area (Å²) >= 11 is 3.45. The molecule has 0 aliphatic rings. The number of hydrogen-bond acceptors (Lipinski definition) is 3. The molecule has 0 spiro atoms. The van der Waals surface area contributed by atoms with E-state index in [9.17, 15) is 9.59 Å². The fourth-order valence-corrected chi connectivity index (χ4v) is 2.74. The monoisotopic (exact) mass is 338 g/mol. The Morgan fingerprint density at radius 3 is 2.75 bits per heavy atom. The number of aromatic nitrogens is 1. The van der Waals surface area contributed by atoms with E-state index >= 15 is 0 Å². The molecule has 0 unspecified atom stereocenters. The van der Waals surface area contributed by atoms with Gasteiger partial charge in [-0.2, -0.15) is 0 Å². The summed E-state index contributed by atoms with van der Waals surface area (Å²) in [5.74, 6) is -0.728. The first-order chi connectivity index (χ1) is 9.52. The van der Waals surface area contributed by atoms with Gasteiger partial charge in [0.2, 0.25) is 5.91 Å². The van der Waals surface area contributed by atoms with Crippen LogP contribution in [0, 0.1) is 0 Å². The maximum absolute atomic E-state index is 11.8. The van der Waals surface area contributed by atoms with Crippen LogP contribution in [0.25, 0.3) is 10.9 Å². The standard InChI is InChI=1S/C14H15BrN2O3/c1-8(18)16-12(14(19)20-2)7-10-9-5-3-4-6-11(9)17-13(10)15/h3-6,12,17H,7H2,1-2H3,(H,16,18)/t12-/m1/s1. The largest absolute Gasteiger partial charge is 0.467 e. The van der Waals surface area contributed by atoms with E-state index in [0.29, 0.717) is 6.42 Å². The Balaban J connectivity index is 2.35. The molecule has 2 aromatic rings. The van der Waals surface area contributed by atoms with Crippen LogP contribution in [0.2, 0.25) is 0 Å². The van der Waals surface area contributed by atoms with Gasteiger partial charge in [0.05, 0.1) is 11.7 Å². The van der Waals surface area contributed by atoms with Crippen molar-refractivity contribution in [3.8, 4) is 0 Å². The third-order valence-electron chi connectivity index (χ3n) is 3.03. The molecular formula is C14H15BrN2O3. The lowest BCUT2D eigenvalue weighted by Crippen LogP contribution is -2.42. The number of aromatic amines is 1. The maximum atomic E-state index is 11.8. The highest BCUT2D eigenvalue weighted by molar-refractivity contribution is 9.10. The first-order valence-corrected chi connectivity index (χ1v) is 6.92. The summed E-state index contributed by atoms with van der Waals surface area (Å²) in [6, 6.07) is 7.08. The number of carbonyl (C=O) groups excluding carboxylic acids is 2. The van der Waals surface area contributed by atoms with Crippen LogP contribution < -0.4 is 5.32 Å². The molecule has 0 radical (unpaired) electrons. The molecule has 1 aromatic heterocycles. The highest BCUT2D eigenvalue weighted by Crippen LogP contribution is 2.27. The Morgan fingerprint density at radius 2 is 2.10 bits per heavy atom. The molecule has 1 amide bonds. The Labute approximate surface area is 124 Å². The van der Waals surface area contributed by atoms with E-state index in [2.05, 4.69) is 26.2 Å². The first kappa shape index (κ1) is 14.6. The number of nitrogens with one attached hydrogen (secondary N) is 2. The molecule has 0 bridgehead atoms. The number of halogens is 1. The highest BCUT2D eigenvalue weighted by atomic mass is 79.9. The lowest BCUT2D eigenvalue weighted by molar-refractivity contribution is -0.144. The lowest BCUT2D eigenvalue weighted by atomic mass is 10.0. The van der Waals surface area contributed by atoms with Gasteiger partial charge in [0, 0.05) is 24.2 Å². The zero-order chi connectivity index (χ0) is 14.7. The molecule has 0 saturated heterocycles. The van der Waals surface area contributed by atoms with Crippen molar-refractivity contribution in [2.24, 2.45) is 0 Å². The normalized spacial score (nSPS) is 12.2. The van der Waals surface area contributed by atoms with Crippen molar-refractivity contribution >= 4 is 38.7 Å². The number of methoxy groups -OCH3 is 1. The fourth-order valence-electron chi connectivity index (χ4n) is 2.15. The van der Waals surface area contributed by atoms with Crippen molar-refractivity contribution in [3.63, 3.8) is 0 Å². The number of carbonyl (C=O) groups is 2. The second kappa shape index (κ2) is 6.09. The Morgan fingerprint density at radius 1 is 1.40 bits per heavy atom. The molecule has 2 N–H and O–H groups in total. The van der Waals surface area contributed by atoms with Crippen LogP contribution in [0.1, 0.15) is 12.5 Å². The second-order valence-electron chi connectivity index (χ2n) is 4.44. The second-order valence-corrected chi connectivity index (χ2v) is 5.24. The number of benzene rings is 1. The van der Waals surface area contributed by atoms with E-state index in [4.69, 9.17) is 4.74 Å². The van der Waals surface area contributed by atoms with Crippen LogP contribution in [0.4, 0.5) is 0 Å². The van der Waals surface area contributed by atoms with E-state index in [1.807, 2.05) is 24.3 Å². The topological polar surface area (TPSA) is 71.2 Å². The molecule has 20 heavy (non-hydrogen) atoms. The molecule has 5 nitrogen and oxygen atoms in total. The fraction of sp³-hybridized carbons (Fsp3) is 0.286. The Bertz CT molecular complexity index is 651. The number of fused-ring (bicyclic) bond motifs is 1. The van der Waals surface area contributed by atoms with Gasteiger partial charge in [0.25, 0.3) is 0 Å². The number of ether oxygens (including phenoxy) is 1. The first-order valence-electron chi connectivity index (χ1n) is 6.13. The number of rotatable bonds is 4. The molecule has 0 saturated carbocycles. The molecule has 6 heteroatoms. The molecular weight excluding hydrogens is 324 g/mol. The predicted molar refractivity (Wildman–Crippen MR) is 79.3 cm³/mol. The van der Waals surface area contributed by atoms with Crippen molar-refractivity contribution in [2.75, 3.05) is 7.11 Å². The van der Waals surface area contributed by atoms with Crippen LogP contribution >= 0.6 is 15.9 Å². The molecule has 1 aromatic carbocycles. The highest BCUT2D eigenvalue weighted by Gasteiger charge is 2.23. The number of para-hydroxylation sites is 1. The van der Waals surface area contributed by atoms with Crippen molar-refractivity contribution in [1.29, 1.82) is 0 Å². The van der Waals surface area contributed by atoms with Crippen molar-refractivity contribution in [3.05, 3.63) is 34.4 Å². The molecule has 1 atom stereocenters. The van der Waals surface area contributed by atoms with E-state index in [-0.39, 0.29) is 5.91 Å². The average molecular weight is 339 g/mol. The average Bonchev–Trinajstić information content (AvgIpc) is 2.73. The van der Waals surface area contributed by atoms with Gasteiger partial charge in [0.1, 0.15) is 6.04 Å². The van der Waals surface area contributed by atoms with Gasteiger partial charge in [-0.05, 0) is 27.6 Å². The van der Waals surface area contributed by atoms with Crippen molar-refractivity contribution in [2.45, 2.75) is 19.4 Å². The summed E-state index contributed by atoms with van der Waals surface area (Å²) < 4.78 is 5.54. The van der Waals surface area contributed by atoms with Gasteiger partial charge in [-0.3, -0.25) is 4.79 Å². The van der Waals surface area contributed by atoms with E-state index in [1.54, 1.807) is 0 Å². The third kappa shape index (κ3) is 3.01. The quantitative estimate of drug-likeness (QED) is 0.839. The summed E-state index contributed by atoms with van der Waals surface area (Å²) in [5.41, 5.74) is 1.91. The minimum atomic E-state index is -0.701. The Kier molecular flexibility index (Phi) is 4.44. The Hall–Kier alpha value is -1.82. The molecule has 0 fully saturated rings. The van der Waals surface area contributed by atoms with Crippen LogP contribution in [0.5, 0.6) is 0 Å². The SMILES string of the molecule is COC(=O)[C@@H](Cc1c(Br)[nH]c2ccccc12)NC(C)=O. The van der Waals surface area contributed by atoms with Gasteiger partial charge >= 0.3 is 5.97 Å². The zero-order valence-electron chi connectivity index (χ0n) is 11.2. The van der Waals surface area contributed by atoms with E-state index in [1.165, 1.54) is 14.0 Å². The summed E-state index contributed by atoms with van der Waals surface area (Å²) in [6.07, 6.45) is 0.358. The molecule has 106 valence electrons. The number of esters is 1. The lowest BCUT2D eigenvalue weighted by Gasteiger charge is -2.15. The number of H-pyrrole nitrogens is 1. The van der Waals surface area contributed by atoms with E-state index in [0.717, 1.165) is 21.1 Å². The number of hydrogen-bond donors (Lipinski definition) is 2. The third-order valence-corrected chi connectivity index (χ3v) is 3.71. The minimum Gasteiger partial charge on any atom is -0.467 e. The van der Waals surface area contributed by atoms with Gasteiger partial charge < -0.3 is 15.0 Å². The minimum absolute atomic E-state index is 0.267. The van der Waals surface area contributed by atoms with Crippen LogP contribution in [-0.2, 0) is 20.7 Å². The van der Waals surface area contributed by atoms with E-state index < -0.39 is 12.0 Å². The molecule has 1 heterocycles. The summed E-state index contributed by atoms with van der Waals surface area (Å²) in [4.78, 5) is 26.2.